The van der Waals surface area contributed by atoms with E-state index in [2.05, 4.69) is 9.47 Å². The molecule has 0 bridgehead atoms. The standard InChI is InChI=1S/C11H11F3O4/c1-16-9-6-8(18-11(12,13)14)4-3-7(9)5-10(15)17-2/h3-4,6H,5H2,1-2H3. The quantitative estimate of drug-likeness (QED) is 0.783. The molecule has 0 radical (unpaired) electrons. The van der Waals surface area contributed by atoms with Crippen LogP contribution in [0.3, 0.4) is 0 Å². The van der Waals surface area contributed by atoms with Gasteiger partial charge >= 0.3 is 12.3 Å². The van der Waals surface area contributed by atoms with Crippen molar-refractivity contribution < 1.29 is 32.2 Å². The number of rotatable bonds is 4. The molecule has 0 spiro atoms. The van der Waals surface area contributed by atoms with Gasteiger partial charge in [-0.1, -0.05) is 6.07 Å². The van der Waals surface area contributed by atoms with Crippen LogP contribution in [-0.2, 0) is 16.0 Å². The Morgan fingerprint density at radius 1 is 1.28 bits per heavy atom. The molecule has 7 heteroatoms. The fourth-order valence-corrected chi connectivity index (χ4v) is 1.30. The second kappa shape index (κ2) is 5.61. The summed E-state index contributed by atoms with van der Waals surface area (Å²) in [5.41, 5.74) is 0.416. The highest BCUT2D eigenvalue weighted by Gasteiger charge is 2.31. The zero-order chi connectivity index (χ0) is 13.8. The first-order valence-electron chi connectivity index (χ1n) is 4.85. The molecule has 0 heterocycles. The van der Waals surface area contributed by atoms with Crippen molar-refractivity contribution in [3.8, 4) is 11.5 Å². The maximum absolute atomic E-state index is 12.0. The molecule has 0 aliphatic carbocycles. The normalized spacial score (nSPS) is 10.9. The van der Waals surface area contributed by atoms with Crippen LogP contribution in [-0.4, -0.2) is 26.6 Å². The molecule has 0 aliphatic heterocycles. The van der Waals surface area contributed by atoms with Crippen molar-refractivity contribution in [1.82, 2.24) is 0 Å². The highest BCUT2D eigenvalue weighted by atomic mass is 19.4. The van der Waals surface area contributed by atoms with Gasteiger partial charge in [0, 0.05) is 11.6 Å². The number of carbonyl (C=O) groups is 1. The molecule has 0 aromatic heterocycles. The smallest absolute Gasteiger partial charge is 0.496 e. The largest absolute Gasteiger partial charge is 0.573 e. The summed E-state index contributed by atoms with van der Waals surface area (Å²) in [6.07, 6.45) is -4.86. The van der Waals surface area contributed by atoms with Gasteiger partial charge in [-0.3, -0.25) is 4.79 Å². The first-order chi connectivity index (χ1) is 8.35. The van der Waals surface area contributed by atoms with Crippen molar-refractivity contribution >= 4 is 5.97 Å². The van der Waals surface area contributed by atoms with Crippen molar-refractivity contribution in [3.05, 3.63) is 23.8 Å². The minimum absolute atomic E-state index is 0.0913. The van der Waals surface area contributed by atoms with Gasteiger partial charge in [-0.15, -0.1) is 13.2 Å². The SMILES string of the molecule is COC(=O)Cc1ccc(OC(F)(F)F)cc1OC. The van der Waals surface area contributed by atoms with Crippen LogP contribution < -0.4 is 9.47 Å². The molecule has 1 rings (SSSR count). The Bertz CT molecular complexity index is 429. The summed E-state index contributed by atoms with van der Waals surface area (Å²) in [7, 11) is 2.50. The topological polar surface area (TPSA) is 44.8 Å². The molecule has 1 aromatic rings. The van der Waals surface area contributed by atoms with Crippen molar-refractivity contribution in [2.75, 3.05) is 14.2 Å². The van der Waals surface area contributed by atoms with E-state index in [1.54, 1.807) is 0 Å². The molecule has 0 unspecified atom stereocenters. The Labute approximate surface area is 101 Å². The number of hydrogen-bond donors (Lipinski definition) is 0. The second-order valence-electron chi connectivity index (χ2n) is 3.27. The highest BCUT2D eigenvalue weighted by molar-refractivity contribution is 5.73. The molecule has 0 fully saturated rings. The average molecular weight is 264 g/mol. The monoisotopic (exact) mass is 264 g/mol. The number of alkyl halides is 3. The number of hydrogen-bond acceptors (Lipinski definition) is 4. The molecule has 0 aliphatic rings. The lowest BCUT2D eigenvalue weighted by molar-refractivity contribution is -0.274. The summed E-state index contributed by atoms with van der Waals surface area (Å²) >= 11 is 0. The van der Waals surface area contributed by atoms with Gasteiger partial charge in [0.25, 0.3) is 0 Å². The second-order valence-corrected chi connectivity index (χ2v) is 3.27. The van der Waals surface area contributed by atoms with Crippen molar-refractivity contribution in [1.29, 1.82) is 0 Å². The Hall–Kier alpha value is -1.92. The van der Waals surface area contributed by atoms with Crippen LogP contribution in [0.2, 0.25) is 0 Å². The molecule has 0 saturated carbocycles. The van der Waals surface area contributed by atoms with E-state index in [-0.39, 0.29) is 12.2 Å². The van der Waals surface area contributed by atoms with E-state index in [1.165, 1.54) is 20.3 Å². The van der Waals surface area contributed by atoms with Crippen LogP contribution in [0.15, 0.2) is 18.2 Å². The zero-order valence-electron chi connectivity index (χ0n) is 9.71. The summed E-state index contributed by atoms with van der Waals surface area (Å²) in [5, 5.41) is 0. The van der Waals surface area contributed by atoms with E-state index in [1.807, 2.05) is 0 Å². The minimum Gasteiger partial charge on any atom is -0.496 e. The fourth-order valence-electron chi connectivity index (χ4n) is 1.30. The lowest BCUT2D eigenvalue weighted by Gasteiger charge is -2.12. The van der Waals surface area contributed by atoms with Gasteiger partial charge in [-0.25, -0.2) is 0 Å². The van der Waals surface area contributed by atoms with Crippen LogP contribution in [0, 0.1) is 0 Å². The van der Waals surface area contributed by atoms with E-state index in [0.29, 0.717) is 5.56 Å². The van der Waals surface area contributed by atoms with Gasteiger partial charge in [0.2, 0.25) is 0 Å². The highest BCUT2D eigenvalue weighted by Crippen LogP contribution is 2.29. The Kier molecular flexibility index (Phi) is 4.41. The van der Waals surface area contributed by atoms with Crippen LogP contribution >= 0.6 is 0 Å². The third kappa shape index (κ3) is 4.15. The van der Waals surface area contributed by atoms with Gasteiger partial charge < -0.3 is 14.2 Å². The summed E-state index contributed by atoms with van der Waals surface area (Å²) in [5.74, 6) is -0.798. The minimum atomic E-state index is -4.77. The van der Waals surface area contributed by atoms with Crippen LogP contribution in [0.1, 0.15) is 5.56 Å². The average Bonchev–Trinajstić information content (AvgIpc) is 2.28. The summed E-state index contributed by atoms with van der Waals surface area (Å²) in [4.78, 5) is 11.1. The Balaban J connectivity index is 2.93. The van der Waals surface area contributed by atoms with Crippen molar-refractivity contribution in [2.24, 2.45) is 0 Å². The Morgan fingerprint density at radius 2 is 1.94 bits per heavy atom. The van der Waals surface area contributed by atoms with E-state index in [0.717, 1.165) is 12.1 Å². The maximum atomic E-state index is 12.0. The van der Waals surface area contributed by atoms with Gasteiger partial charge in [0.05, 0.1) is 20.6 Å². The molecule has 0 N–H and O–H groups in total. The molecular formula is C11H11F3O4. The number of esters is 1. The summed E-state index contributed by atoms with van der Waals surface area (Å²) < 4.78 is 49.1. The maximum Gasteiger partial charge on any atom is 0.573 e. The van der Waals surface area contributed by atoms with Gasteiger partial charge in [-0.05, 0) is 6.07 Å². The van der Waals surface area contributed by atoms with E-state index in [9.17, 15) is 18.0 Å². The molecular weight excluding hydrogens is 253 g/mol. The zero-order valence-corrected chi connectivity index (χ0v) is 9.71. The first-order valence-corrected chi connectivity index (χ1v) is 4.85. The molecule has 18 heavy (non-hydrogen) atoms. The summed E-state index contributed by atoms with van der Waals surface area (Å²) in [6.45, 7) is 0. The molecule has 0 amide bonds. The van der Waals surface area contributed by atoms with Crippen LogP contribution in [0.5, 0.6) is 11.5 Å². The fraction of sp³-hybridized carbons (Fsp3) is 0.364. The molecule has 4 nitrogen and oxygen atoms in total. The molecule has 100 valence electrons. The predicted octanol–water partition coefficient (Wildman–Crippen LogP) is 2.31. The number of methoxy groups -OCH3 is 2. The van der Waals surface area contributed by atoms with Crippen molar-refractivity contribution in [2.45, 2.75) is 12.8 Å². The van der Waals surface area contributed by atoms with Gasteiger partial charge in [0.1, 0.15) is 11.5 Å². The first kappa shape index (κ1) is 14.1. The molecule has 0 saturated heterocycles. The number of ether oxygens (including phenoxy) is 3. The van der Waals surface area contributed by atoms with E-state index < -0.39 is 18.1 Å². The number of halogens is 3. The van der Waals surface area contributed by atoms with Crippen LogP contribution in [0.25, 0.3) is 0 Å². The Morgan fingerprint density at radius 3 is 2.44 bits per heavy atom. The van der Waals surface area contributed by atoms with Gasteiger partial charge in [0.15, 0.2) is 0 Å². The third-order valence-electron chi connectivity index (χ3n) is 2.05. The lowest BCUT2D eigenvalue weighted by Crippen LogP contribution is -2.17. The van der Waals surface area contributed by atoms with Crippen molar-refractivity contribution in [3.63, 3.8) is 0 Å². The number of benzene rings is 1. The number of carbonyl (C=O) groups excluding carboxylic acids is 1. The van der Waals surface area contributed by atoms with E-state index >= 15 is 0 Å². The van der Waals surface area contributed by atoms with Gasteiger partial charge in [-0.2, -0.15) is 0 Å². The molecule has 1 aromatic carbocycles. The van der Waals surface area contributed by atoms with E-state index in [4.69, 9.17) is 4.74 Å². The third-order valence-corrected chi connectivity index (χ3v) is 2.05. The molecule has 0 atom stereocenters. The lowest BCUT2D eigenvalue weighted by atomic mass is 10.1. The predicted molar refractivity (Wildman–Crippen MR) is 55.4 cm³/mol. The van der Waals surface area contributed by atoms with Crippen LogP contribution in [0.4, 0.5) is 13.2 Å². The summed E-state index contributed by atoms with van der Waals surface area (Å²) in [6, 6.07) is 3.48.